The molecule has 1 unspecified atom stereocenters. The van der Waals surface area contributed by atoms with Crippen molar-refractivity contribution in [3.63, 3.8) is 0 Å². The molecule has 0 bridgehead atoms. The third-order valence-electron chi connectivity index (χ3n) is 3.22. The summed E-state index contributed by atoms with van der Waals surface area (Å²) in [7, 11) is 4.43. The van der Waals surface area contributed by atoms with Crippen molar-refractivity contribution in [1.29, 1.82) is 0 Å². The molecule has 0 aliphatic carbocycles. The Bertz CT molecular complexity index is 534. The number of nitrogens with one attached hydrogen (secondary N) is 2. The molecule has 0 spiro atoms. The minimum absolute atomic E-state index is 0.229. The number of rotatable bonds is 8. The van der Waals surface area contributed by atoms with Gasteiger partial charge in [0.15, 0.2) is 11.5 Å². The molecule has 2 N–H and O–H groups in total. The Kier molecular flexibility index (Phi) is 7.18. The first-order chi connectivity index (χ1) is 11.0. The van der Waals surface area contributed by atoms with Gasteiger partial charge in [-0.25, -0.2) is 0 Å². The zero-order valence-corrected chi connectivity index (χ0v) is 14.2. The highest BCUT2D eigenvalue weighted by molar-refractivity contribution is 5.98. The lowest BCUT2D eigenvalue weighted by atomic mass is 10.1. The van der Waals surface area contributed by atoms with Crippen molar-refractivity contribution in [1.82, 2.24) is 10.6 Å². The molecular formula is C16H24N2O5. The van der Waals surface area contributed by atoms with Gasteiger partial charge in [-0.2, -0.15) is 0 Å². The summed E-state index contributed by atoms with van der Waals surface area (Å²) in [5.41, 5.74) is 0.314. The molecule has 1 atom stereocenters. The number of benzene rings is 1. The molecule has 7 heteroatoms. The molecule has 0 radical (unpaired) electrons. The van der Waals surface area contributed by atoms with Crippen LogP contribution in [0.1, 0.15) is 30.6 Å². The lowest BCUT2D eigenvalue weighted by Gasteiger charge is -2.16. The smallest absolute Gasteiger partial charge is 0.252 e. The van der Waals surface area contributed by atoms with Crippen LogP contribution in [0.5, 0.6) is 17.2 Å². The fourth-order valence-corrected chi connectivity index (χ4v) is 1.96. The first-order valence-electron chi connectivity index (χ1n) is 7.37. The minimum atomic E-state index is -0.645. The van der Waals surface area contributed by atoms with Crippen LogP contribution in [0.25, 0.3) is 0 Å². The van der Waals surface area contributed by atoms with Gasteiger partial charge in [-0.3, -0.25) is 9.59 Å². The topological polar surface area (TPSA) is 85.9 Å². The highest BCUT2D eigenvalue weighted by Gasteiger charge is 2.20. The van der Waals surface area contributed by atoms with Crippen LogP contribution in [-0.4, -0.2) is 45.7 Å². The molecule has 1 rings (SSSR count). The van der Waals surface area contributed by atoms with Gasteiger partial charge in [0.1, 0.15) is 6.04 Å². The summed E-state index contributed by atoms with van der Waals surface area (Å²) < 4.78 is 15.6. The van der Waals surface area contributed by atoms with Gasteiger partial charge in [0, 0.05) is 12.1 Å². The monoisotopic (exact) mass is 324 g/mol. The molecular weight excluding hydrogens is 300 g/mol. The quantitative estimate of drug-likeness (QED) is 0.754. The number of hydrogen-bond acceptors (Lipinski definition) is 5. The summed E-state index contributed by atoms with van der Waals surface area (Å²) in [6, 6.07) is 2.42. The van der Waals surface area contributed by atoms with Crippen LogP contribution in [0.15, 0.2) is 12.1 Å². The molecule has 0 aromatic heterocycles. The summed E-state index contributed by atoms with van der Waals surface area (Å²) >= 11 is 0. The van der Waals surface area contributed by atoms with Crippen LogP contribution in [0, 0.1) is 0 Å². The van der Waals surface area contributed by atoms with Gasteiger partial charge in [-0.15, -0.1) is 0 Å². The average molecular weight is 324 g/mol. The van der Waals surface area contributed by atoms with Crippen molar-refractivity contribution in [3.05, 3.63) is 17.7 Å². The number of carbonyl (C=O) groups excluding carboxylic acids is 2. The Labute approximate surface area is 136 Å². The maximum Gasteiger partial charge on any atom is 0.252 e. The van der Waals surface area contributed by atoms with E-state index in [1.807, 2.05) is 6.92 Å². The molecule has 0 aliphatic rings. The second kappa shape index (κ2) is 8.87. The Morgan fingerprint density at radius 3 is 2.09 bits per heavy atom. The summed E-state index contributed by atoms with van der Waals surface area (Å²) in [5.74, 6) is 0.525. The number of hydrogen-bond donors (Lipinski definition) is 2. The van der Waals surface area contributed by atoms with Crippen molar-refractivity contribution in [2.45, 2.75) is 26.3 Å². The van der Waals surface area contributed by atoms with E-state index >= 15 is 0 Å². The maximum atomic E-state index is 12.3. The van der Waals surface area contributed by atoms with E-state index in [0.717, 1.165) is 6.42 Å². The molecule has 7 nitrogen and oxygen atoms in total. The van der Waals surface area contributed by atoms with E-state index in [1.165, 1.54) is 33.5 Å². The van der Waals surface area contributed by atoms with E-state index in [4.69, 9.17) is 14.2 Å². The van der Waals surface area contributed by atoms with Gasteiger partial charge in [0.2, 0.25) is 11.7 Å². The van der Waals surface area contributed by atoms with Crippen molar-refractivity contribution < 1.29 is 23.8 Å². The zero-order valence-electron chi connectivity index (χ0n) is 14.2. The predicted octanol–water partition coefficient (Wildman–Crippen LogP) is 1.36. The number of amides is 2. The fraction of sp³-hybridized carbons (Fsp3) is 0.500. The van der Waals surface area contributed by atoms with Gasteiger partial charge in [0.05, 0.1) is 21.3 Å². The van der Waals surface area contributed by atoms with Crippen LogP contribution >= 0.6 is 0 Å². The second-order valence-electron chi connectivity index (χ2n) is 4.90. The van der Waals surface area contributed by atoms with E-state index in [2.05, 4.69) is 10.6 Å². The summed E-state index contributed by atoms with van der Waals surface area (Å²) in [4.78, 5) is 24.1. The van der Waals surface area contributed by atoms with Crippen LogP contribution in [0.4, 0.5) is 0 Å². The van der Waals surface area contributed by atoms with E-state index in [1.54, 1.807) is 6.92 Å². The number of carbonyl (C=O) groups is 2. The standard InChI is InChI=1S/C16H24N2O5/c1-6-7-17-15(19)10(2)18-16(20)11-8-12(21-3)14(23-5)13(9-11)22-4/h8-10H,6-7H2,1-5H3,(H,17,19)(H,18,20). The first kappa shape index (κ1) is 18.6. The van der Waals surface area contributed by atoms with Crippen LogP contribution < -0.4 is 24.8 Å². The Balaban J connectivity index is 2.93. The molecule has 1 aromatic rings. The van der Waals surface area contributed by atoms with E-state index in [9.17, 15) is 9.59 Å². The first-order valence-corrected chi connectivity index (χ1v) is 7.37. The largest absolute Gasteiger partial charge is 0.493 e. The van der Waals surface area contributed by atoms with Gasteiger partial charge in [-0.1, -0.05) is 6.92 Å². The Morgan fingerprint density at radius 1 is 1.09 bits per heavy atom. The van der Waals surface area contributed by atoms with E-state index in [-0.39, 0.29) is 5.91 Å². The van der Waals surface area contributed by atoms with Crippen LogP contribution in [0.2, 0.25) is 0 Å². The Morgan fingerprint density at radius 2 is 1.65 bits per heavy atom. The Hall–Kier alpha value is -2.44. The van der Waals surface area contributed by atoms with Crippen molar-refractivity contribution in [3.8, 4) is 17.2 Å². The van der Waals surface area contributed by atoms with Gasteiger partial charge >= 0.3 is 0 Å². The van der Waals surface area contributed by atoms with Crippen LogP contribution in [0.3, 0.4) is 0 Å². The van der Waals surface area contributed by atoms with Crippen molar-refractivity contribution in [2.24, 2.45) is 0 Å². The van der Waals surface area contributed by atoms with Gasteiger partial charge in [-0.05, 0) is 25.5 Å². The molecule has 0 saturated heterocycles. The normalized spacial score (nSPS) is 11.3. The molecule has 1 aromatic carbocycles. The zero-order chi connectivity index (χ0) is 17.4. The highest BCUT2D eigenvalue weighted by Crippen LogP contribution is 2.38. The SMILES string of the molecule is CCCNC(=O)C(C)NC(=O)c1cc(OC)c(OC)c(OC)c1. The minimum Gasteiger partial charge on any atom is -0.493 e. The summed E-state index contributed by atoms with van der Waals surface area (Å²) in [6.45, 7) is 4.16. The van der Waals surface area contributed by atoms with Crippen LogP contribution in [-0.2, 0) is 4.79 Å². The molecule has 23 heavy (non-hydrogen) atoms. The lowest BCUT2D eigenvalue weighted by Crippen LogP contribution is -2.45. The fourth-order valence-electron chi connectivity index (χ4n) is 1.96. The number of ether oxygens (including phenoxy) is 3. The summed E-state index contributed by atoms with van der Waals surface area (Å²) in [6.07, 6.45) is 0.833. The molecule has 2 amide bonds. The predicted molar refractivity (Wildman–Crippen MR) is 86.3 cm³/mol. The third-order valence-corrected chi connectivity index (χ3v) is 3.22. The van der Waals surface area contributed by atoms with Crippen molar-refractivity contribution in [2.75, 3.05) is 27.9 Å². The third kappa shape index (κ3) is 4.77. The maximum absolute atomic E-state index is 12.3. The van der Waals surface area contributed by atoms with Gasteiger partial charge < -0.3 is 24.8 Å². The molecule has 0 saturated carbocycles. The molecule has 0 aliphatic heterocycles. The molecule has 0 heterocycles. The number of methoxy groups -OCH3 is 3. The van der Waals surface area contributed by atoms with E-state index < -0.39 is 11.9 Å². The lowest BCUT2D eigenvalue weighted by molar-refractivity contribution is -0.122. The van der Waals surface area contributed by atoms with E-state index in [0.29, 0.717) is 29.4 Å². The second-order valence-corrected chi connectivity index (χ2v) is 4.90. The molecule has 0 fully saturated rings. The highest BCUT2D eigenvalue weighted by atomic mass is 16.5. The molecule has 128 valence electrons. The van der Waals surface area contributed by atoms with Gasteiger partial charge in [0.25, 0.3) is 5.91 Å². The average Bonchev–Trinajstić information content (AvgIpc) is 2.57. The van der Waals surface area contributed by atoms with Crippen molar-refractivity contribution >= 4 is 11.8 Å². The summed E-state index contributed by atoms with van der Waals surface area (Å²) in [5, 5.41) is 5.37.